The van der Waals surface area contributed by atoms with Crippen molar-refractivity contribution in [1.29, 1.82) is 0 Å². The Bertz CT molecular complexity index is 18.3. The highest BCUT2D eigenvalue weighted by Crippen LogP contribution is 1.81. The molecule has 0 heterocycles. The van der Waals surface area contributed by atoms with Crippen LogP contribution in [0, 0.1) is 0 Å². The van der Waals surface area contributed by atoms with Crippen LogP contribution in [-0.2, 0) is 0 Å². The van der Waals surface area contributed by atoms with Gasteiger partial charge in [-0.2, -0.15) is 0 Å². The van der Waals surface area contributed by atoms with Gasteiger partial charge in [-0.3, -0.25) is 0 Å². The lowest BCUT2D eigenvalue weighted by Gasteiger charge is -1.78. The molecule has 0 saturated heterocycles. The van der Waals surface area contributed by atoms with Crippen LogP contribution in [0.25, 0.3) is 0 Å². The van der Waals surface area contributed by atoms with Gasteiger partial charge in [-0.15, -0.1) is 0 Å². The summed E-state index contributed by atoms with van der Waals surface area (Å²) in [5.41, 5.74) is 0. The Morgan fingerprint density at radius 1 is 1.50 bits per heavy atom. The monoisotopic (exact) mass is 173 g/mol. The van der Waals surface area contributed by atoms with E-state index in [1.807, 2.05) is 0 Å². The van der Waals surface area contributed by atoms with Crippen LogP contribution in [0.2, 0.25) is 0 Å². The molecule has 0 unspecified atom stereocenters. The average molecular weight is 174 g/mol. The molecule has 0 aliphatic heterocycles. The van der Waals surface area contributed by atoms with Crippen molar-refractivity contribution in [3.8, 4) is 0 Å². The van der Waals surface area contributed by atoms with E-state index in [1.165, 1.54) is 0 Å². The molecule has 40 valence electrons. The lowest BCUT2D eigenvalue weighted by Crippen LogP contribution is -3.00. The van der Waals surface area contributed by atoms with E-state index in [4.69, 9.17) is 5.11 Å². The second-order valence-electron chi connectivity index (χ2n) is 0.766. The molecule has 0 bridgehead atoms. The fourth-order valence-electron chi connectivity index (χ4n) is 0.0598. The molecule has 0 rings (SSSR count). The normalized spacial score (nSPS) is 7.00. The smallest absolute Gasteiger partial charge is 0.0438 e. The van der Waals surface area contributed by atoms with Crippen molar-refractivity contribution in [3.63, 3.8) is 0 Å². The highest BCUT2D eigenvalue weighted by molar-refractivity contribution is 9.09. The van der Waals surface area contributed by atoms with E-state index in [2.05, 4.69) is 15.9 Å². The standard InChI is InChI=1S/C3H7BrO.ClH/c4-2-1-3-5;/h5H,1-3H2;1H/p-1. The third kappa shape index (κ3) is 8.83. The predicted octanol–water partition coefficient (Wildman–Crippen LogP) is -2.23. The number of hydrogen-bond donors (Lipinski definition) is 1. The van der Waals surface area contributed by atoms with Gasteiger partial charge >= 0.3 is 0 Å². The third-order valence-electron chi connectivity index (χ3n) is 0.292. The Morgan fingerprint density at radius 2 is 2.00 bits per heavy atom. The van der Waals surface area contributed by atoms with E-state index < -0.39 is 0 Å². The second kappa shape index (κ2) is 9.21. The van der Waals surface area contributed by atoms with Gasteiger partial charge in [0.05, 0.1) is 0 Å². The van der Waals surface area contributed by atoms with Crippen LogP contribution in [0.5, 0.6) is 0 Å². The van der Waals surface area contributed by atoms with E-state index in [-0.39, 0.29) is 12.4 Å². The van der Waals surface area contributed by atoms with Crippen LogP contribution in [0.3, 0.4) is 0 Å². The van der Waals surface area contributed by atoms with Gasteiger partial charge in [-0.25, -0.2) is 0 Å². The third-order valence-corrected chi connectivity index (χ3v) is 0.852. The van der Waals surface area contributed by atoms with E-state index in [1.54, 1.807) is 0 Å². The molecule has 0 aromatic carbocycles. The number of halogens is 2. The van der Waals surface area contributed by atoms with Crippen molar-refractivity contribution in [2.24, 2.45) is 0 Å². The maximum Gasteiger partial charge on any atom is 0.0438 e. The zero-order chi connectivity index (χ0) is 4.12. The molecule has 0 spiro atoms. The topological polar surface area (TPSA) is 20.2 Å². The van der Waals surface area contributed by atoms with E-state index >= 15 is 0 Å². The lowest BCUT2D eigenvalue weighted by molar-refractivity contribution is -0.00000209. The first-order chi connectivity index (χ1) is 2.41. The average Bonchev–Trinajstić information content (AvgIpc) is 1.41. The number of hydrogen-bond acceptors (Lipinski definition) is 1. The first-order valence-electron chi connectivity index (χ1n) is 1.58. The van der Waals surface area contributed by atoms with Crippen molar-refractivity contribution in [2.75, 3.05) is 11.9 Å². The molecule has 0 saturated carbocycles. The van der Waals surface area contributed by atoms with E-state index in [0.717, 1.165) is 11.8 Å². The second-order valence-corrected chi connectivity index (χ2v) is 1.56. The summed E-state index contributed by atoms with van der Waals surface area (Å²) < 4.78 is 0. The van der Waals surface area contributed by atoms with Crippen molar-refractivity contribution in [3.05, 3.63) is 0 Å². The van der Waals surface area contributed by atoms with Crippen LogP contribution < -0.4 is 12.4 Å². The summed E-state index contributed by atoms with van der Waals surface area (Å²) in [5, 5.41) is 8.94. The number of aliphatic hydroxyl groups is 1. The molecule has 0 aromatic rings. The van der Waals surface area contributed by atoms with Gasteiger partial charge in [0.2, 0.25) is 0 Å². The van der Waals surface area contributed by atoms with Crippen LogP contribution >= 0.6 is 15.9 Å². The van der Waals surface area contributed by atoms with E-state index in [9.17, 15) is 0 Å². The first kappa shape index (κ1) is 9.88. The summed E-state index contributed by atoms with van der Waals surface area (Å²) in [6.45, 7) is 0.297. The number of rotatable bonds is 2. The Labute approximate surface area is 52.3 Å². The first-order valence-corrected chi connectivity index (χ1v) is 2.70. The molecular weight excluding hydrogens is 167 g/mol. The minimum Gasteiger partial charge on any atom is -1.00 e. The molecule has 0 aliphatic rings. The fourth-order valence-corrected chi connectivity index (χ4v) is 0.311. The van der Waals surface area contributed by atoms with Crippen molar-refractivity contribution in [2.45, 2.75) is 6.42 Å². The van der Waals surface area contributed by atoms with Gasteiger partial charge < -0.3 is 17.5 Å². The quantitative estimate of drug-likeness (QED) is 0.470. The summed E-state index contributed by atoms with van der Waals surface area (Å²) in [6.07, 6.45) is 0.861. The SMILES string of the molecule is OCCCBr.[Cl-]. The molecule has 0 radical (unpaired) electrons. The number of aliphatic hydroxyl groups excluding tert-OH is 1. The Hall–Kier alpha value is 0.730. The molecule has 6 heavy (non-hydrogen) atoms. The maximum absolute atomic E-state index is 8.04. The van der Waals surface area contributed by atoms with Gasteiger partial charge in [0.1, 0.15) is 0 Å². The lowest BCUT2D eigenvalue weighted by atomic mass is 10.5. The van der Waals surface area contributed by atoms with Crippen LogP contribution in [0.1, 0.15) is 6.42 Å². The Kier molecular flexibility index (Phi) is 15.2. The van der Waals surface area contributed by atoms with Crippen molar-refractivity contribution >= 4 is 15.9 Å². The molecule has 0 amide bonds. The van der Waals surface area contributed by atoms with Crippen molar-refractivity contribution in [1.82, 2.24) is 0 Å². The van der Waals surface area contributed by atoms with Crippen molar-refractivity contribution < 1.29 is 17.5 Å². The molecule has 3 heteroatoms. The molecule has 0 fully saturated rings. The summed E-state index contributed by atoms with van der Waals surface area (Å²) in [6, 6.07) is 0. The minimum absolute atomic E-state index is 0. The minimum atomic E-state index is 0. The largest absolute Gasteiger partial charge is 1.00 e. The van der Waals surface area contributed by atoms with Crippen LogP contribution in [0.4, 0.5) is 0 Å². The van der Waals surface area contributed by atoms with Gasteiger partial charge in [-0.1, -0.05) is 15.9 Å². The Balaban J connectivity index is 0. The maximum atomic E-state index is 8.04. The highest BCUT2D eigenvalue weighted by Gasteiger charge is 1.70. The van der Waals surface area contributed by atoms with Gasteiger partial charge in [0, 0.05) is 11.9 Å². The summed E-state index contributed by atoms with van der Waals surface area (Å²) in [4.78, 5) is 0. The molecule has 1 N–H and O–H groups in total. The van der Waals surface area contributed by atoms with Gasteiger partial charge in [0.15, 0.2) is 0 Å². The molecular formula is C3H7BrClO-. The molecule has 0 aromatic heterocycles. The highest BCUT2D eigenvalue weighted by atomic mass is 79.9. The van der Waals surface area contributed by atoms with Crippen LogP contribution in [-0.4, -0.2) is 17.0 Å². The summed E-state index contributed by atoms with van der Waals surface area (Å²) >= 11 is 3.15. The predicted molar refractivity (Wildman–Crippen MR) is 25.5 cm³/mol. The zero-order valence-corrected chi connectivity index (χ0v) is 5.67. The summed E-state index contributed by atoms with van der Waals surface area (Å²) in [7, 11) is 0. The molecule has 0 aliphatic carbocycles. The molecule has 0 atom stereocenters. The van der Waals surface area contributed by atoms with Gasteiger partial charge in [-0.05, 0) is 6.42 Å². The van der Waals surface area contributed by atoms with Crippen LogP contribution in [0.15, 0.2) is 0 Å². The summed E-state index contributed by atoms with van der Waals surface area (Å²) in [5.74, 6) is 0. The zero-order valence-electron chi connectivity index (χ0n) is 3.32. The van der Waals surface area contributed by atoms with Gasteiger partial charge in [0.25, 0.3) is 0 Å². The molecule has 1 nitrogen and oxygen atoms in total. The van der Waals surface area contributed by atoms with E-state index in [0.29, 0.717) is 6.61 Å². The fraction of sp³-hybridized carbons (Fsp3) is 1.00. The Morgan fingerprint density at radius 3 is 2.00 bits per heavy atom. The number of alkyl halides is 1.